The number of hydrogen-bond donors (Lipinski definition) is 5. The van der Waals surface area contributed by atoms with Gasteiger partial charge in [0.25, 0.3) is 0 Å². The summed E-state index contributed by atoms with van der Waals surface area (Å²) in [5, 5.41) is 16.4. The molecule has 33 heavy (non-hydrogen) atoms. The van der Waals surface area contributed by atoms with Crippen molar-refractivity contribution in [2.75, 3.05) is 26.2 Å². The Balaban J connectivity index is 1.29. The van der Waals surface area contributed by atoms with Crippen LogP contribution in [-0.2, 0) is 4.74 Å². The Hall–Kier alpha value is -0.560. The molecule has 5 unspecified atom stereocenters. The topological polar surface area (TPSA) is 72.6 Å². The van der Waals surface area contributed by atoms with E-state index in [2.05, 4.69) is 31.5 Å². The van der Waals surface area contributed by atoms with Crippen molar-refractivity contribution in [2.45, 2.75) is 108 Å². The van der Waals surface area contributed by atoms with Gasteiger partial charge in [-0.1, -0.05) is 6.42 Å². The van der Waals surface area contributed by atoms with Crippen molar-refractivity contribution >= 4 is 0 Å². The molecule has 4 rings (SSSR count). The van der Waals surface area contributed by atoms with Crippen LogP contribution in [0.15, 0.2) is 0 Å². The SMILES string of the molecule is FC1CCC(CNC2NC(NC3CCCC(N4CCCC4)C3)NC(OCC(F)(F)F)N2)CC1. The molecule has 2 aliphatic heterocycles. The molecule has 0 aromatic rings. The van der Waals surface area contributed by atoms with Crippen LogP contribution < -0.4 is 26.6 Å². The lowest BCUT2D eigenvalue weighted by molar-refractivity contribution is -0.199. The molecule has 5 N–H and O–H groups in total. The maximum Gasteiger partial charge on any atom is 0.411 e. The fraction of sp³-hybridized carbons (Fsp3) is 1.00. The van der Waals surface area contributed by atoms with Gasteiger partial charge in [-0.15, -0.1) is 0 Å². The third-order valence-electron chi connectivity index (χ3n) is 7.48. The van der Waals surface area contributed by atoms with Crippen molar-refractivity contribution in [1.29, 1.82) is 0 Å². The molecule has 7 nitrogen and oxygen atoms in total. The summed E-state index contributed by atoms with van der Waals surface area (Å²) in [6.45, 7) is 1.70. The Morgan fingerprint density at radius 3 is 2.33 bits per heavy atom. The number of nitrogens with one attached hydrogen (secondary N) is 5. The van der Waals surface area contributed by atoms with Crippen LogP contribution in [0.3, 0.4) is 0 Å². The second kappa shape index (κ2) is 11.9. The molecule has 4 fully saturated rings. The molecule has 0 radical (unpaired) electrons. The number of nitrogens with zero attached hydrogens (tertiary/aromatic N) is 1. The molecule has 0 amide bonds. The Kier molecular flexibility index (Phi) is 9.22. The highest BCUT2D eigenvalue weighted by Gasteiger charge is 2.35. The van der Waals surface area contributed by atoms with Gasteiger partial charge >= 0.3 is 6.18 Å². The lowest BCUT2D eigenvalue weighted by atomic mass is 9.88. The summed E-state index contributed by atoms with van der Waals surface area (Å²) >= 11 is 0. The first kappa shape index (κ1) is 25.5. The zero-order valence-electron chi connectivity index (χ0n) is 19.3. The van der Waals surface area contributed by atoms with Gasteiger partial charge in [-0.3, -0.25) is 26.6 Å². The van der Waals surface area contributed by atoms with E-state index < -0.39 is 31.6 Å². The molecule has 4 aliphatic rings. The maximum absolute atomic E-state index is 13.4. The molecule has 5 atom stereocenters. The van der Waals surface area contributed by atoms with Crippen molar-refractivity contribution < 1.29 is 22.3 Å². The van der Waals surface area contributed by atoms with Crippen molar-refractivity contribution in [3.8, 4) is 0 Å². The normalized spacial score (nSPS) is 39.1. The zero-order valence-corrected chi connectivity index (χ0v) is 19.3. The van der Waals surface area contributed by atoms with E-state index in [4.69, 9.17) is 4.74 Å². The van der Waals surface area contributed by atoms with Gasteiger partial charge in [0.1, 0.15) is 25.4 Å². The summed E-state index contributed by atoms with van der Waals surface area (Å²) in [6, 6.07) is 0.869. The van der Waals surface area contributed by atoms with E-state index in [1.807, 2.05) is 0 Å². The van der Waals surface area contributed by atoms with Gasteiger partial charge < -0.3 is 9.64 Å². The van der Waals surface area contributed by atoms with Crippen molar-refractivity contribution in [2.24, 2.45) is 5.92 Å². The first-order valence-corrected chi connectivity index (χ1v) is 12.7. The van der Waals surface area contributed by atoms with Gasteiger partial charge in [0.05, 0.1) is 0 Å². The minimum Gasteiger partial charge on any atom is -0.340 e. The minimum absolute atomic E-state index is 0.288. The van der Waals surface area contributed by atoms with Gasteiger partial charge in [-0.2, -0.15) is 13.2 Å². The maximum atomic E-state index is 13.4. The third-order valence-corrected chi connectivity index (χ3v) is 7.48. The summed E-state index contributed by atoms with van der Waals surface area (Å²) in [5.74, 6) is 0.371. The highest BCUT2D eigenvalue weighted by molar-refractivity contribution is 4.88. The van der Waals surface area contributed by atoms with Gasteiger partial charge in [0.15, 0.2) is 6.35 Å². The molecule has 0 bridgehead atoms. The predicted octanol–water partition coefficient (Wildman–Crippen LogP) is 2.31. The molecule has 0 aromatic heterocycles. The Morgan fingerprint density at radius 2 is 1.61 bits per heavy atom. The standard InChI is InChI=1S/C22H40F4N6O/c23-16-8-6-15(7-9-16)13-27-19-29-20(31-21(30-19)33-14-22(24,25)26)28-17-4-3-5-18(12-17)32-10-1-2-11-32/h15-21,27-31H,1-14H2. The third kappa shape index (κ3) is 8.26. The van der Waals surface area contributed by atoms with E-state index in [9.17, 15) is 17.6 Å². The zero-order chi connectivity index (χ0) is 23.3. The van der Waals surface area contributed by atoms with E-state index in [0.29, 0.717) is 31.3 Å². The first-order valence-electron chi connectivity index (χ1n) is 12.7. The van der Waals surface area contributed by atoms with Gasteiger partial charge in [-0.05, 0) is 76.8 Å². The summed E-state index contributed by atoms with van der Waals surface area (Å²) < 4.78 is 56.7. The number of ether oxygens (including phenoxy) is 1. The molecular formula is C22H40F4N6O. The van der Waals surface area contributed by atoms with E-state index in [-0.39, 0.29) is 12.3 Å². The fourth-order valence-electron chi connectivity index (χ4n) is 5.70. The van der Waals surface area contributed by atoms with E-state index in [1.165, 1.54) is 32.4 Å². The summed E-state index contributed by atoms with van der Waals surface area (Å²) in [4.78, 5) is 2.59. The largest absolute Gasteiger partial charge is 0.411 e. The van der Waals surface area contributed by atoms with Crippen LogP contribution in [0.2, 0.25) is 0 Å². The second-order valence-electron chi connectivity index (χ2n) is 10.1. The minimum atomic E-state index is -4.39. The van der Waals surface area contributed by atoms with Gasteiger partial charge in [0.2, 0.25) is 0 Å². The molecule has 2 heterocycles. The van der Waals surface area contributed by atoms with Crippen LogP contribution in [0.25, 0.3) is 0 Å². The fourth-order valence-corrected chi connectivity index (χ4v) is 5.70. The van der Waals surface area contributed by atoms with Crippen LogP contribution in [0.1, 0.15) is 64.2 Å². The molecule has 192 valence electrons. The smallest absolute Gasteiger partial charge is 0.340 e. The van der Waals surface area contributed by atoms with Crippen molar-refractivity contribution in [1.82, 2.24) is 31.5 Å². The number of likely N-dealkylation sites (tertiary alicyclic amines) is 1. The number of alkyl halides is 4. The molecule has 2 aliphatic carbocycles. The monoisotopic (exact) mass is 480 g/mol. The summed E-state index contributed by atoms with van der Waals surface area (Å²) in [5.41, 5.74) is 0. The van der Waals surface area contributed by atoms with Crippen LogP contribution >= 0.6 is 0 Å². The molecule has 0 spiro atoms. The van der Waals surface area contributed by atoms with E-state index >= 15 is 0 Å². The highest BCUT2D eigenvalue weighted by atomic mass is 19.4. The lowest BCUT2D eigenvalue weighted by Crippen LogP contribution is -2.76. The first-order chi connectivity index (χ1) is 15.8. The number of hydrogen-bond acceptors (Lipinski definition) is 7. The predicted molar refractivity (Wildman–Crippen MR) is 118 cm³/mol. The number of halogens is 4. The Morgan fingerprint density at radius 1 is 0.879 bits per heavy atom. The molecule has 11 heteroatoms. The van der Waals surface area contributed by atoms with E-state index in [0.717, 1.165) is 32.1 Å². The lowest BCUT2D eigenvalue weighted by Gasteiger charge is -2.43. The van der Waals surface area contributed by atoms with Crippen LogP contribution in [-0.4, -0.2) is 74.5 Å². The number of rotatable bonds is 8. The average molecular weight is 481 g/mol. The summed E-state index contributed by atoms with van der Waals surface area (Å²) in [7, 11) is 0. The van der Waals surface area contributed by atoms with Gasteiger partial charge in [0, 0.05) is 18.6 Å². The van der Waals surface area contributed by atoms with Gasteiger partial charge in [-0.25, -0.2) is 4.39 Å². The highest BCUT2D eigenvalue weighted by Crippen LogP contribution is 2.27. The molecule has 2 saturated heterocycles. The Labute approximate surface area is 194 Å². The summed E-state index contributed by atoms with van der Waals surface area (Å²) in [6.07, 6.45) is 2.99. The average Bonchev–Trinajstić information content (AvgIpc) is 3.32. The van der Waals surface area contributed by atoms with Crippen LogP contribution in [0.5, 0.6) is 0 Å². The Bertz CT molecular complexity index is 586. The van der Waals surface area contributed by atoms with Crippen LogP contribution in [0, 0.1) is 5.92 Å². The molecule has 2 saturated carbocycles. The van der Waals surface area contributed by atoms with Crippen molar-refractivity contribution in [3.05, 3.63) is 0 Å². The van der Waals surface area contributed by atoms with E-state index in [1.54, 1.807) is 0 Å². The second-order valence-corrected chi connectivity index (χ2v) is 10.1. The molecule has 0 aromatic carbocycles. The molecular weight excluding hydrogens is 440 g/mol. The van der Waals surface area contributed by atoms with Crippen LogP contribution in [0.4, 0.5) is 17.6 Å². The quantitative estimate of drug-likeness (QED) is 0.342. The van der Waals surface area contributed by atoms with Crippen molar-refractivity contribution in [3.63, 3.8) is 0 Å².